The van der Waals surface area contributed by atoms with E-state index >= 15 is 0 Å². The maximum absolute atomic E-state index is 12.8. The van der Waals surface area contributed by atoms with Gasteiger partial charge in [-0.3, -0.25) is 0 Å². The molecule has 2 heterocycles. The first kappa shape index (κ1) is 16.9. The number of piperidine rings is 1. The van der Waals surface area contributed by atoms with Crippen molar-refractivity contribution < 1.29 is 18.0 Å². The van der Waals surface area contributed by atoms with Crippen molar-refractivity contribution in [2.45, 2.75) is 36.6 Å². The van der Waals surface area contributed by atoms with Gasteiger partial charge >= 0.3 is 0 Å². The van der Waals surface area contributed by atoms with E-state index in [-0.39, 0.29) is 6.04 Å². The Morgan fingerprint density at radius 3 is 2.36 bits per heavy atom. The summed E-state index contributed by atoms with van der Waals surface area (Å²) in [6, 6.07) is 6.87. The van der Waals surface area contributed by atoms with Gasteiger partial charge in [0, 0.05) is 25.0 Å². The Balaban J connectivity index is 1.36. The lowest BCUT2D eigenvalue weighted by Crippen LogP contribution is -2.45. The van der Waals surface area contributed by atoms with Crippen LogP contribution in [0.2, 0.25) is 0 Å². The van der Waals surface area contributed by atoms with Crippen molar-refractivity contribution in [1.82, 2.24) is 9.37 Å². The van der Waals surface area contributed by atoms with Gasteiger partial charge in [-0.25, -0.2) is 8.42 Å². The van der Waals surface area contributed by atoms with Crippen LogP contribution in [0.4, 0.5) is 0 Å². The molecular formula is C18H24N2O4S. The Bertz CT molecular complexity index is 748. The largest absolute Gasteiger partial charge is 0.497 e. The van der Waals surface area contributed by atoms with Gasteiger partial charge in [-0.2, -0.15) is 4.31 Å². The Morgan fingerprint density at radius 2 is 1.76 bits per heavy atom. The van der Waals surface area contributed by atoms with Gasteiger partial charge in [-0.1, -0.05) is 0 Å². The fourth-order valence-electron chi connectivity index (χ4n) is 3.49. The number of hydrogen-bond donors (Lipinski definition) is 0. The molecule has 2 fully saturated rings. The Labute approximate surface area is 149 Å². The average Bonchev–Trinajstić information content (AvgIpc) is 3.39. The van der Waals surface area contributed by atoms with Crippen LogP contribution in [0.3, 0.4) is 0 Å². The van der Waals surface area contributed by atoms with Gasteiger partial charge < -0.3 is 9.57 Å². The van der Waals surface area contributed by atoms with Crippen molar-refractivity contribution in [3.63, 3.8) is 0 Å². The van der Waals surface area contributed by atoms with Crippen molar-refractivity contribution in [3.05, 3.63) is 36.1 Å². The van der Waals surface area contributed by atoms with Crippen molar-refractivity contribution in [2.24, 2.45) is 5.92 Å². The van der Waals surface area contributed by atoms with Gasteiger partial charge in [0.25, 0.3) is 0 Å². The molecule has 3 aliphatic rings. The van der Waals surface area contributed by atoms with Crippen molar-refractivity contribution >= 4 is 10.0 Å². The van der Waals surface area contributed by atoms with Gasteiger partial charge in [-0.05, 0) is 56.0 Å². The Hall–Kier alpha value is -1.57. The molecule has 1 saturated heterocycles. The number of sulfonamides is 1. The molecule has 136 valence electrons. The van der Waals surface area contributed by atoms with E-state index in [9.17, 15) is 8.42 Å². The number of ether oxygens (including phenoxy) is 1. The lowest BCUT2D eigenvalue weighted by atomic mass is 10.1. The van der Waals surface area contributed by atoms with Crippen molar-refractivity contribution in [3.8, 4) is 5.75 Å². The van der Waals surface area contributed by atoms with Crippen LogP contribution in [0, 0.1) is 5.92 Å². The smallest absolute Gasteiger partial charge is 0.243 e. The monoisotopic (exact) mass is 364 g/mol. The minimum Gasteiger partial charge on any atom is -0.497 e. The Morgan fingerprint density at radius 1 is 1.08 bits per heavy atom. The average molecular weight is 364 g/mol. The second-order valence-corrected chi connectivity index (χ2v) is 8.82. The molecule has 1 aliphatic carbocycles. The molecule has 0 N–H and O–H groups in total. The lowest BCUT2D eigenvalue weighted by Gasteiger charge is -2.35. The van der Waals surface area contributed by atoms with E-state index in [1.165, 1.54) is 12.8 Å². The van der Waals surface area contributed by atoms with Crippen LogP contribution in [0.1, 0.15) is 25.7 Å². The molecule has 0 unspecified atom stereocenters. The summed E-state index contributed by atoms with van der Waals surface area (Å²) in [6.07, 6.45) is 6.23. The lowest BCUT2D eigenvalue weighted by molar-refractivity contribution is -0.137. The second-order valence-electron chi connectivity index (χ2n) is 6.88. The van der Waals surface area contributed by atoms with Crippen LogP contribution in [-0.2, 0) is 14.9 Å². The molecule has 1 saturated carbocycles. The zero-order valence-corrected chi connectivity index (χ0v) is 15.2. The minimum absolute atomic E-state index is 0.287. The van der Waals surface area contributed by atoms with Crippen molar-refractivity contribution in [2.75, 3.05) is 26.7 Å². The highest BCUT2D eigenvalue weighted by Crippen LogP contribution is 2.40. The topological polar surface area (TPSA) is 59.1 Å². The maximum atomic E-state index is 12.8. The molecule has 4 rings (SSSR count). The molecule has 0 radical (unpaired) electrons. The van der Waals surface area contributed by atoms with Gasteiger partial charge in [0.2, 0.25) is 10.0 Å². The summed E-state index contributed by atoms with van der Waals surface area (Å²) in [4.78, 5) is 6.29. The van der Waals surface area contributed by atoms with Crippen LogP contribution in [0.15, 0.2) is 41.0 Å². The zero-order valence-electron chi connectivity index (χ0n) is 14.4. The van der Waals surface area contributed by atoms with Crippen LogP contribution in [-0.4, -0.2) is 50.6 Å². The summed E-state index contributed by atoms with van der Waals surface area (Å²) in [7, 11) is -1.88. The quantitative estimate of drug-likeness (QED) is 0.803. The molecule has 0 bridgehead atoms. The van der Waals surface area contributed by atoms with Crippen LogP contribution >= 0.6 is 0 Å². The highest BCUT2D eigenvalue weighted by Gasteiger charge is 2.37. The number of hydrogen-bond acceptors (Lipinski definition) is 5. The number of benzene rings is 1. The van der Waals surface area contributed by atoms with Crippen LogP contribution < -0.4 is 4.74 Å². The molecule has 0 amide bonds. The van der Waals surface area contributed by atoms with Gasteiger partial charge in [0.1, 0.15) is 11.5 Å². The minimum atomic E-state index is -3.44. The molecule has 6 nitrogen and oxygen atoms in total. The third-order valence-electron chi connectivity index (χ3n) is 5.20. The molecule has 0 aromatic heterocycles. The number of nitrogens with zero attached hydrogens (tertiary/aromatic N) is 2. The van der Waals surface area contributed by atoms with E-state index < -0.39 is 10.0 Å². The summed E-state index contributed by atoms with van der Waals surface area (Å²) in [5.41, 5.74) is 0. The molecule has 25 heavy (non-hydrogen) atoms. The highest BCUT2D eigenvalue weighted by atomic mass is 32.2. The first-order valence-corrected chi connectivity index (χ1v) is 10.3. The third kappa shape index (κ3) is 3.41. The zero-order chi connectivity index (χ0) is 17.4. The highest BCUT2D eigenvalue weighted by molar-refractivity contribution is 7.89. The van der Waals surface area contributed by atoms with Gasteiger partial charge in [-0.15, -0.1) is 5.06 Å². The fourth-order valence-corrected chi connectivity index (χ4v) is 4.96. The van der Waals surface area contributed by atoms with Gasteiger partial charge in [0.05, 0.1) is 18.6 Å². The summed E-state index contributed by atoms with van der Waals surface area (Å²) >= 11 is 0. The molecule has 7 heteroatoms. The predicted molar refractivity (Wildman–Crippen MR) is 93.4 cm³/mol. The van der Waals surface area contributed by atoms with E-state index in [0.29, 0.717) is 29.7 Å². The first-order chi connectivity index (χ1) is 12.1. The van der Waals surface area contributed by atoms with Crippen molar-refractivity contribution in [1.29, 1.82) is 0 Å². The molecule has 2 aliphatic heterocycles. The summed E-state index contributed by atoms with van der Waals surface area (Å²) in [6.45, 7) is 1.87. The van der Waals surface area contributed by atoms with Gasteiger partial charge in [0.15, 0.2) is 0 Å². The summed E-state index contributed by atoms with van der Waals surface area (Å²) in [5.74, 6) is 2.40. The standard InChI is InChI=1S/C18H24N2O4S/c1-23-16-4-6-17(7-5-16)25(21,22)19-11-8-15(9-12-19)20-13-10-18(24-20)14-2-3-14/h4-7,10,14-15H,2-3,8-9,11-13H2,1H3. The number of hydroxylamine groups is 2. The molecule has 1 aromatic carbocycles. The van der Waals surface area contributed by atoms with E-state index in [1.807, 2.05) is 5.06 Å². The fraction of sp³-hybridized carbons (Fsp3) is 0.556. The number of allylic oxidation sites excluding steroid dienone is 1. The van der Waals surface area contributed by atoms with E-state index in [0.717, 1.165) is 25.1 Å². The SMILES string of the molecule is COc1ccc(S(=O)(=O)N2CCC(N3CC=C(C4CC4)O3)CC2)cc1. The summed E-state index contributed by atoms with van der Waals surface area (Å²) in [5, 5.41) is 2.03. The second kappa shape index (κ2) is 6.63. The Kier molecular flexibility index (Phi) is 4.47. The molecule has 0 spiro atoms. The normalized spacial score (nSPS) is 23.3. The molecular weight excluding hydrogens is 340 g/mol. The van der Waals surface area contributed by atoms with Crippen LogP contribution in [0.25, 0.3) is 0 Å². The van der Waals surface area contributed by atoms with E-state index in [1.54, 1.807) is 35.7 Å². The number of methoxy groups -OCH3 is 1. The third-order valence-corrected chi connectivity index (χ3v) is 7.12. The summed E-state index contributed by atoms with van der Waals surface area (Å²) < 4.78 is 32.3. The predicted octanol–water partition coefficient (Wildman–Crippen LogP) is 2.39. The van der Waals surface area contributed by atoms with E-state index in [2.05, 4.69) is 6.08 Å². The first-order valence-electron chi connectivity index (χ1n) is 8.87. The molecule has 1 aromatic rings. The van der Waals surface area contributed by atoms with Crippen LogP contribution in [0.5, 0.6) is 5.75 Å². The maximum Gasteiger partial charge on any atom is 0.243 e. The molecule has 0 atom stereocenters. The number of rotatable bonds is 5. The van der Waals surface area contributed by atoms with E-state index in [4.69, 9.17) is 9.57 Å².